The largest absolute Gasteiger partial charge is 0.480 e. The maximum atomic E-state index is 7.57. The molecule has 0 atom stereocenters. The van der Waals surface area contributed by atoms with Crippen LogP contribution in [0, 0.1) is 5.41 Å². The van der Waals surface area contributed by atoms with Crippen molar-refractivity contribution in [2.45, 2.75) is 6.42 Å². The number of aromatic nitrogens is 1. The Labute approximate surface area is 101 Å². The second-order valence-electron chi connectivity index (χ2n) is 3.71. The minimum absolute atomic E-state index is 0.0971. The van der Waals surface area contributed by atoms with Crippen molar-refractivity contribution in [3.63, 3.8) is 0 Å². The van der Waals surface area contributed by atoms with E-state index < -0.39 is 0 Å². The van der Waals surface area contributed by atoms with Gasteiger partial charge in [-0.3, -0.25) is 5.41 Å². The summed E-state index contributed by atoms with van der Waals surface area (Å²) in [5, 5.41) is 7.57. The molecule has 0 radical (unpaired) electrons. The predicted molar refractivity (Wildman–Crippen MR) is 67.3 cm³/mol. The first-order valence-electron chi connectivity index (χ1n) is 5.42. The lowest BCUT2D eigenvalue weighted by Crippen LogP contribution is -2.06. The van der Waals surface area contributed by atoms with Crippen LogP contribution >= 0.6 is 0 Å². The average Bonchev–Trinajstić information content (AvgIpc) is 2.39. The van der Waals surface area contributed by atoms with Crippen LogP contribution in [0.5, 0.6) is 0 Å². The Morgan fingerprint density at radius 2 is 1.88 bits per heavy atom. The quantitative estimate of drug-likeness (QED) is 0.646. The molecule has 17 heavy (non-hydrogen) atoms. The smallest absolute Gasteiger partial charge is 0.232 e. The molecule has 2 rings (SSSR count). The summed E-state index contributed by atoms with van der Waals surface area (Å²) in [6.07, 6.45) is 0.770. The van der Waals surface area contributed by atoms with Gasteiger partial charge >= 0.3 is 0 Å². The van der Waals surface area contributed by atoms with Gasteiger partial charge in [-0.25, -0.2) is 4.98 Å². The van der Waals surface area contributed by atoms with E-state index in [4.69, 9.17) is 10.1 Å². The molecule has 0 aliphatic carbocycles. The van der Waals surface area contributed by atoms with Crippen molar-refractivity contribution in [3.8, 4) is 0 Å². The molecule has 1 aromatic carbocycles. The van der Waals surface area contributed by atoms with Crippen molar-refractivity contribution in [3.05, 3.63) is 65.5 Å². The zero-order valence-corrected chi connectivity index (χ0v) is 9.68. The summed E-state index contributed by atoms with van der Waals surface area (Å²) in [4.78, 5) is 4.39. The van der Waals surface area contributed by atoms with Crippen LogP contribution < -0.4 is 0 Å². The molecule has 1 heterocycles. The van der Waals surface area contributed by atoms with Crippen molar-refractivity contribution in [2.75, 3.05) is 7.11 Å². The van der Waals surface area contributed by atoms with Gasteiger partial charge in [0.15, 0.2) is 0 Å². The van der Waals surface area contributed by atoms with Gasteiger partial charge in [0.2, 0.25) is 5.90 Å². The molecule has 0 saturated carbocycles. The topological polar surface area (TPSA) is 46.0 Å². The first kappa shape index (κ1) is 11.3. The van der Waals surface area contributed by atoms with Crippen LogP contribution in [0.4, 0.5) is 0 Å². The summed E-state index contributed by atoms with van der Waals surface area (Å²) in [7, 11) is 1.48. The van der Waals surface area contributed by atoms with Gasteiger partial charge in [0, 0.05) is 12.1 Å². The highest BCUT2D eigenvalue weighted by Gasteiger charge is 2.04. The Hall–Kier alpha value is -2.16. The number of nitrogens with one attached hydrogen (secondary N) is 1. The molecule has 0 unspecified atom stereocenters. The standard InChI is InChI=1S/C14H14N2O/c1-17-14(15)13-9-5-8-12(16-13)10-11-6-3-2-4-7-11/h2-9,15H,10H2,1H3. The molecule has 0 fully saturated rings. The summed E-state index contributed by atoms with van der Waals surface area (Å²) < 4.78 is 4.86. The summed E-state index contributed by atoms with van der Waals surface area (Å²) in [5.74, 6) is 0.0971. The molecule has 2 aromatic rings. The maximum Gasteiger partial charge on any atom is 0.232 e. The van der Waals surface area contributed by atoms with E-state index in [2.05, 4.69) is 17.1 Å². The third-order valence-electron chi connectivity index (χ3n) is 2.47. The Morgan fingerprint density at radius 3 is 2.59 bits per heavy atom. The molecular weight excluding hydrogens is 212 g/mol. The zero-order valence-electron chi connectivity index (χ0n) is 9.68. The molecular formula is C14H14N2O. The molecule has 0 aliphatic rings. The van der Waals surface area contributed by atoms with E-state index in [0.29, 0.717) is 5.69 Å². The van der Waals surface area contributed by atoms with Gasteiger partial charge < -0.3 is 4.74 Å². The number of hydrogen-bond donors (Lipinski definition) is 1. The normalized spacial score (nSPS) is 9.94. The fourth-order valence-electron chi connectivity index (χ4n) is 1.61. The molecule has 0 spiro atoms. The second kappa shape index (κ2) is 5.25. The van der Waals surface area contributed by atoms with Crippen LogP contribution in [0.15, 0.2) is 48.5 Å². The van der Waals surface area contributed by atoms with Crippen molar-refractivity contribution >= 4 is 5.90 Å². The van der Waals surface area contributed by atoms with E-state index in [1.807, 2.05) is 30.3 Å². The molecule has 1 N–H and O–H groups in total. The van der Waals surface area contributed by atoms with Gasteiger partial charge in [0.1, 0.15) is 5.69 Å². The fourth-order valence-corrected chi connectivity index (χ4v) is 1.61. The highest BCUT2D eigenvalue weighted by atomic mass is 16.5. The fraction of sp³-hybridized carbons (Fsp3) is 0.143. The number of methoxy groups -OCH3 is 1. The van der Waals surface area contributed by atoms with Crippen LogP contribution in [0.25, 0.3) is 0 Å². The lowest BCUT2D eigenvalue weighted by Gasteiger charge is -2.05. The van der Waals surface area contributed by atoms with E-state index in [9.17, 15) is 0 Å². The van der Waals surface area contributed by atoms with Crippen LogP contribution in [-0.4, -0.2) is 18.0 Å². The number of rotatable bonds is 3. The predicted octanol–water partition coefficient (Wildman–Crippen LogP) is 2.64. The van der Waals surface area contributed by atoms with Gasteiger partial charge in [-0.15, -0.1) is 0 Å². The molecule has 0 bridgehead atoms. The molecule has 1 aromatic heterocycles. The average molecular weight is 226 g/mol. The molecule has 3 nitrogen and oxygen atoms in total. The second-order valence-corrected chi connectivity index (χ2v) is 3.71. The monoisotopic (exact) mass is 226 g/mol. The third kappa shape index (κ3) is 2.91. The summed E-state index contributed by atoms with van der Waals surface area (Å²) >= 11 is 0. The molecule has 3 heteroatoms. The highest BCUT2D eigenvalue weighted by Crippen LogP contribution is 2.08. The van der Waals surface area contributed by atoms with Crippen molar-refractivity contribution in [1.29, 1.82) is 5.41 Å². The van der Waals surface area contributed by atoms with Crippen LogP contribution in [0.1, 0.15) is 17.0 Å². The SMILES string of the molecule is COC(=N)c1cccc(Cc2ccccc2)n1. The highest BCUT2D eigenvalue weighted by molar-refractivity contribution is 5.89. The Balaban J connectivity index is 2.20. The van der Waals surface area contributed by atoms with Crippen molar-refractivity contribution in [1.82, 2.24) is 4.98 Å². The Morgan fingerprint density at radius 1 is 1.12 bits per heavy atom. The van der Waals surface area contributed by atoms with Crippen LogP contribution in [0.3, 0.4) is 0 Å². The number of benzene rings is 1. The van der Waals surface area contributed by atoms with Gasteiger partial charge in [0.25, 0.3) is 0 Å². The molecule has 0 aliphatic heterocycles. The molecule has 0 amide bonds. The van der Waals surface area contributed by atoms with E-state index in [1.165, 1.54) is 12.7 Å². The zero-order chi connectivity index (χ0) is 12.1. The van der Waals surface area contributed by atoms with Gasteiger partial charge in [-0.2, -0.15) is 0 Å². The number of pyridine rings is 1. The van der Waals surface area contributed by atoms with E-state index in [1.54, 1.807) is 6.07 Å². The van der Waals surface area contributed by atoms with E-state index in [0.717, 1.165) is 12.1 Å². The van der Waals surface area contributed by atoms with Crippen LogP contribution in [0.2, 0.25) is 0 Å². The van der Waals surface area contributed by atoms with Gasteiger partial charge in [-0.1, -0.05) is 36.4 Å². The summed E-state index contributed by atoms with van der Waals surface area (Å²) in [5.41, 5.74) is 2.72. The summed E-state index contributed by atoms with van der Waals surface area (Å²) in [6.45, 7) is 0. The first-order valence-corrected chi connectivity index (χ1v) is 5.42. The third-order valence-corrected chi connectivity index (χ3v) is 2.47. The number of nitrogens with zero attached hydrogens (tertiary/aromatic N) is 1. The Kier molecular flexibility index (Phi) is 3.50. The maximum absolute atomic E-state index is 7.57. The lowest BCUT2D eigenvalue weighted by atomic mass is 10.1. The Bertz CT molecular complexity index is 509. The van der Waals surface area contributed by atoms with Gasteiger partial charge in [0.05, 0.1) is 7.11 Å². The molecule has 0 saturated heterocycles. The van der Waals surface area contributed by atoms with Gasteiger partial charge in [-0.05, 0) is 17.7 Å². The number of ether oxygens (including phenoxy) is 1. The first-order chi connectivity index (χ1) is 8.29. The molecule has 86 valence electrons. The minimum Gasteiger partial charge on any atom is -0.480 e. The minimum atomic E-state index is 0.0971. The van der Waals surface area contributed by atoms with Crippen molar-refractivity contribution in [2.24, 2.45) is 0 Å². The van der Waals surface area contributed by atoms with E-state index >= 15 is 0 Å². The van der Waals surface area contributed by atoms with E-state index in [-0.39, 0.29) is 5.90 Å². The lowest BCUT2D eigenvalue weighted by molar-refractivity contribution is 0.399. The summed E-state index contributed by atoms with van der Waals surface area (Å²) in [6, 6.07) is 15.8. The number of hydrogen-bond acceptors (Lipinski definition) is 3. The van der Waals surface area contributed by atoms with Crippen LogP contribution in [-0.2, 0) is 11.2 Å². The van der Waals surface area contributed by atoms with Crippen molar-refractivity contribution < 1.29 is 4.74 Å².